The van der Waals surface area contributed by atoms with E-state index in [1.54, 1.807) is 0 Å². The molecule has 0 aliphatic carbocycles. The lowest BCUT2D eigenvalue weighted by Gasteiger charge is -2.11. The largest absolute Gasteiger partial charge is 0.261 e. The zero-order chi connectivity index (χ0) is 13.1. The van der Waals surface area contributed by atoms with Gasteiger partial charge in [0.1, 0.15) is 0 Å². The molecule has 0 aliphatic rings. The van der Waals surface area contributed by atoms with Gasteiger partial charge in [-0.15, -0.1) is 0 Å². The molecule has 0 radical (unpaired) electrons. The van der Waals surface area contributed by atoms with Crippen LogP contribution in [0.3, 0.4) is 0 Å². The monoisotopic (exact) mass is 343 g/mol. The van der Waals surface area contributed by atoms with Crippen molar-refractivity contribution in [3.05, 3.63) is 63.4 Å². The third-order valence-electron chi connectivity index (χ3n) is 2.67. The second-order valence-electron chi connectivity index (χ2n) is 4.17. The SMILES string of the molecule is Cc1ccc(CC(Br)c2ccc(Cl)c(Cl)c2)nc1. The molecular weight excluding hydrogens is 333 g/mol. The predicted molar refractivity (Wildman–Crippen MR) is 80.8 cm³/mol. The van der Waals surface area contributed by atoms with Crippen LogP contribution in [0.5, 0.6) is 0 Å². The summed E-state index contributed by atoms with van der Waals surface area (Å²) in [5.74, 6) is 0. The Labute approximate surface area is 125 Å². The molecule has 0 saturated carbocycles. The maximum atomic E-state index is 6.01. The fraction of sp³-hybridized carbons (Fsp3) is 0.214. The number of benzene rings is 1. The summed E-state index contributed by atoms with van der Waals surface area (Å²) in [6, 6.07) is 9.79. The maximum absolute atomic E-state index is 6.01. The minimum absolute atomic E-state index is 0.183. The van der Waals surface area contributed by atoms with Crippen LogP contribution in [0.1, 0.15) is 21.6 Å². The fourth-order valence-electron chi connectivity index (χ4n) is 1.63. The first-order valence-electron chi connectivity index (χ1n) is 5.57. The molecule has 1 aromatic heterocycles. The van der Waals surface area contributed by atoms with Gasteiger partial charge in [-0.3, -0.25) is 4.98 Å². The highest BCUT2D eigenvalue weighted by atomic mass is 79.9. The van der Waals surface area contributed by atoms with E-state index in [1.807, 2.05) is 37.4 Å². The van der Waals surface area contributed by atoms with Crippen LogP contribution in [0.25, 0.3) is 0 Å². The summed E-state index contributed by atoms with van der Waals surface area (Å²) >= 11 is 15.6. The van der Waals surface area contributed by atoms with Crippen LogP contribution >= 0.6 is 39.1 Å². The average molecular weight is 345 g/mol. The van der Waals surface area contributed by atoms with Crippen molar-refractivity contribution >= 4 is 39.1 Å². The topological polar surface area (TPSA) is 12.9 Å². The molecule has 0 aliphatic heterocycles. The Bertz CT molecular complexity index is 540. The van der Waals surface area contributed by atoms with Crippen molar-refractivity contribution in [2.75, 3.05) is 0 Å². The zero-order valence-electron chi connectivity index (χ0n) is 9.83. The second-order valence-corrected chi connectivity index (χ2v) is 6.09. The number of hydrogen-bond donors (Lipinski definition) is 0. The molecule has 94 valence electrons. The molecule has 2 rings (SSSR count). The van der Waals surface area contributed by atoms with Crippen molar-refractivity contribution in [3.8, 4) is 0 Å². The number of pyridine rings is 1. The Hall–Kier alpha value is -0.570. The fourth-order valence-corrected chi connectivity index (χ4v) is 2.55. The van der Waals surface area contributed by atoms with Crippen LogP contribution in [0, 0.1) is 6.92 Å². The van der Waals surface area contributed by atoms with E-state index in [4.69, 9.17) is 23.2 Å². The first-order valence-corrected chi connectivity index (χ1v) is 7.24. The average Bonchev–Trinajstić information content (AvgIpc) is 2.35. The lowest BCUT2D eigenvalue weighted by molar-refractivity contribution is 0.902. The molecule has 0 N–H and O–H groups in total. The zero-order valence-corrected chi connectivity index (χ0v) is 12.9. The molecular formula is C14H12BrCl2N. The van der Waals surface area contributed by atoms with Crippen LogP contribution in [-0.2, 0) is 6.42 Å². The van der Waals surface area contributed by atoms with E-state index in [1.165, 1.54) is 5.56 Å². The quantitative estimate of drug-likeness (QED) is 0.681. The van der Waals surface area contributed by atoms with Crippen molar-refractivity contribution < 1.29 is 0 Å². The van der Waals surface area contributed by atoms with Crippen molar-refractivity contribution in [2.45, 2.75) is 18.2 Å². The number of nitrogens with zero attached hydrogens (tertiary/aromatic N) is 1. The van der Waals surface area contributed by atoms with Crippen LogP contribution in [0.2, 0.25) is 10.0 Å². The van der Waals surface area contributed by atoms with Crippen molar-refractivity contribution in [1.82, 2.24) is 4.98 Å². The van der Waals surface area contributed by atoms with Gasteiger partial charge < -0.3 is 0 Å². The molecule has 0 amide bonds. The highest BCUT2D eigenvalue weighted by Gasteiger charge is 2.11. The minimum atomic E-state index is 0.183. The van der Waals surface area contributed by atoms with Gasteiger partial charge >= 0.3 is 0 Å². The van der Waals surface area contributed by atoms with Crippen LogP contribution in [0.4, 0.5) is 0 Å². The number of hydrogen-bond acceptors (Lipinski definition) is 1. The lowest BCUT2D eigenvalue weighted by Crippen LogP contribution is -1.98. The Morgan fingerprint density at radius 1 is 1.17 bits per heavy atom. The van der Waals surface area contributed by atoms with E-state index in [-0.39, 0.29) is 4.83 Å². The standard InChI is InChI=1S/C14H12BrCl2N/c1-9-2-4-11(18-8-9)7-12(15)10-3-5-13(16)14(17)6-10/h2-6,8,12H,7H2,1H3. The molecule has 1 atom stereocenters. The predicted octanol–water partition coefficient (Wildman–Crippen LogP) is 5.38. The number of rotatable bonds is 3. The molecule has 0 saturated heterocycles. The molecule has 1 aromatic carbocycles. The third-order valence-corrected chi connectivity index (χ3v) is 4.26. The Morgan fingerprint density at radius 2 is 1.94 bits per heavy atom. The first-order chi connectivity index (χ1) is 8.56. The van der Waals surface area contributed by atoms with E-state index in [9.17, 15) is 0 Å². The highest BCUT2D eigenvalue weighted by Crippen LogP contribution is 2.31. The van der Waals surface area contributed by atoms with Gasteiger partial charge in [-0.1, -0.05) is 51.3 Å². The van der Waals surface area contributed by atoms with Crippen molar-refractivity contribution in [1.29, 1.82) is 0 Å². The summed E-state index contributed by atoms with van der Waals surface area (Å²) in [6.45, 7) is 2.03. The van der Waals surface area contributed by atoms with Gasteiger partial charge in [0, 0.05) is 23.1 Å². The molecule has 2 aromatic rings. The maximum Gasteiger partial charge on any atom is 0.0595 e. The van der Waals surface area contributed by atoms with E-state index in [0.29, 0.717) is 10.0 Å². The second kappa shape index (κ2) is 6.05. The first kappa shape index (κ1) is 13.9. The molecule has 0 fully saturated rings. The third kappa shape index (κ3) is 3.47. The minimum Gasteiger partial charge on any atom is -0.261 e. The molecule has 1 heterocycles. The van der Waals surface area contributed by atoms with Gasteiger partial charge in [0.25, 0.3) is 0 Å². The van der Waals surface area contributed by atoms with E-state index >= 15 is 0 Å². The lowest BCUT2D eigenvalue weighted by atomic mass is 10.1. The number of aromatic nitrogens is 1. The van der Waals surface area contributed by atoms with E-state index in [2.05, 4.69) is 27.0 Å². The van der Waals surface area contributed by atoms with Crippen LogP contribution in [0.15, 0.2) is 36.5 Å². The summed E-state index contributed by atoms with van der Waals surface area (Å²) in [5.41, 5.74) is 3.32. The Kier molecular flexibility index (Phi) is 4.66. The van der Waals surface area contributed by atoms with Crippen LogP contribution < -0.4 is 0 Å². The summed E-state index contributed by atoms with van der Waals surface area (Å²) in [4.78, 5) is 4.58. The molecule has 18 heavy (non-hydrogen) atoms. The molecule has 0 spiro atoms. The number of alkyl halides is 1. The summed E-state index contributed by atoms with van der Waals surface area (Å²) in [6.07, 6.45) is 2.70. The van der Waals surface area contributed by atoms with Gasteiger partial charge in [0.15, 0.2) is 0 Å². The van der Waals surface area contributed by atoms with Gasteiger partial charge in [-0.25, -0.2) is 0 Å². The van der Waals surface area contributed by atoms with E-state index in [0.717, 1.165) is 17.7 Å². The molecule has 1 unspecified atom stereocenters. The molecule has 0 bridgehead atoms. The molecule has 1 nitrogen and oxygen atoms in total. The number of aryl methyl sites for hydroxylation is 1. The van der Waals surface area contributed by atoms with Gasteiger partial charge in [0.05, 0.1) is 10.0 Å². The van der Waals surface area contributed by atoms with Crippen molar-refractivity contribution in [3.63, 3.8) is 0 Å². The van der Waals surface area contributed by atoms with Gasteiger partial charge in [-0.2, -0.15) is 0 Å². The van der Waals surface area contributed by atoms with E-state index < -0.39 is 0 Å². The Morgan fingerprint density at radius 3 is 2.56 bits per heavy atom. The summed E-state index contributed by atoms with van der Waals surface area (Å²) < 4.78 is 0. The summed E-state index contributed by atoms with van der Waals surface area (Å²) in [5, 5.41) is 1.16. The number of halogens is 3. The van der Waals surface area contributed by atoms with Crippen LogP contribution in [-0.4, -0.2) is 4.98 Å². The normalized spacial score (nSPS) is 12.4. The van der Waals surface area contributed by atoms with Gasteiger partial charge in [0.2, 0.25) is 0 Å². The molecule has 4 heteroatoms. The smallest absolute Gasteiger partial charge is 0.0595 e. The highest BCUT2D eigenvalue weighted by molar-refractivity contribution is 9.09. The van der Waals surface area contributed by atoms with Gasteiger partial charge in [-0.05, 0) is 36.2 Å². The Balaban J connectivity index is 2.13. The summed E-state index contributed by atoms with van der Waals surface area (Å²) in [7, 11) is 0. The van der Waals surface area contributed by atoms with Crippen molar-refractivity contribution in [2.24, 2.45) is 0 Å².